The number of benzene rings is 1. The van der Waals surface area contributed by atoms with Crippen LogP contribution in [0.5, 0.6) is 0 Å². The number of aliphatic hydroxyl groups is 1. The van der Waals surface area contributed by atoms with Gasteiger partial charge < -0.3 is 19.9 Å². The summed E-state index contributed by atoms with van der Waals surface area (Å²) in [5.74, 6) is -0.350. The molecule has 1 aromatic carbocycles. The molecule has 2 N–H and O–H groups in total. The van der Waals surface area contributed by atoms with Crippen molar-refractivity contribution in [1.82, 2.24) is 14.8 Å². The first-order chi connectivity index (χ1) is 12.4. The number of aliphatic hydroxyl groups excluding tert-OH is 1. The van der Waals surface area contributed by atoms with Crippen LogP contribution < -0.4 is 5.32 Å². The first-order valence-corrected chi connectivity index (χ1v) is 8.81. The molecule has 0 aliphatic carbocycles. The molecular formula is C20H25N3O3. The van der Waals surface area contributed by atoms with Crippen LogP contribution in [0.3, 0.4) is 0 Å². The summed E-state index contributed by atoms with van der Waals surface area (Å²) in [4.78, 5) is 26.2. The average molecular weight is 355 g/mol. The van der Waals surface area contributed by atoms with Crippen molar-refractivity contribution < 1.29 is 14.7 Å². The Bertz CT molecular complexity index is 813. The zero-order valence-electron chi connectivity index (χ0n) is 15.4. The Morgan fingerprint density at radius 1 is 1.23 bits per heavy atom. The first-order valence-electron chi connectivity index (χ1n) is 8.81. The molecule has 0 unspecified atom stereocenters. The standard InChI is InChI=1S/C20H25N3O3/c1-13-17(9-19(22(13)3)15-7-5-4-6-8-15)20(26)23-10-16(12-24)18(11-23)21-14(2)25/h4-9,16,18,24H,10-12H2,1-3H3,(H,21,25)/t16-,18+/m0/s1. The Labute approximate surface area is 153 Å². The molecule has 2 atom stereocenters. The third kappa shape index (κ3) is 3.37. The summed E-state index contributed by atoms with van der Waals surface area (Å²) in [6.45, 7) is 4.18. The quantitative estimate of drug-likeness (QED) is 0.874. The Kier molecular flexibility index (Phi) is 5.13. The van der Waals surface area contributed by atoms with Crippen LogP contribution in [-0.2, 0) is 11.8 Å². The molecule has 3 rings (SSSR count). The van der Waals surface area contributed by atoms with E-state index in [2.05, 4.69) is 5.32 Å². The van der Waals surface area contributed by atoms with Crippen LogP contribution in [0.15, 0.2) is 36.4 Å². The van der Waals surface area contributed by atoms with Crippen molar-refractivity contribution in [2.45, 2.75) is 19.9 Å². The number of carbonyl (C=O) groups excluding carboxylic acids is 2. The Hall–Kier alpha value is -2.60. The smallest absolute Gasteiger partial charge is 0.255 e. The lowest BCUT2D eigenvalue weighted by atomic mass is 10.1. The van der Waals surface area contributed by atoms with Crippen LogP contribution in [0.25, 0.3) is 11.3 Å². The van der Waals surface area contributed by atoms with E-state index < -0.39 is 0 Å². The van der Waals surface area contributed by atoms with Crippen LogP contribution >= 0.6 is 0 Å². The molecule has 0 bridgehead atoms. The lowest BCUT2D eigenvalue weighted by Crippen LogP contribution is -2.40. The van der Waals surface area contributed by atoms with Gasteiger partial charge in [-0.15, -0.1) is 0 Å². The van der Waals surface area contributed by atoms with E-state index in [1.807, 2.05) is 54.9 Å². The minimum atomic E-state index is -0.209. The largest absolute Gasteiger partial charge is 0.396 e. The van der Waals surface area contributed by atoms with Crippen LogP contribution in [0, 0.1) is 12.8 Å². The van der Waals surface area contributed by atoms with Crippen molar-refractivity contribution in [3.05, 3.63) is 47.7 Å². The SMILES string of the molecule is CC(=O)N[C@@H]1CN(C(=O)c2cc(-c3ccccc3)n(C)c2C)C[C@H]1CO. The third-order valence-corrected chi connectivity index (χ3v) is 5.19. The second-order valence-electron chi connectivity index (χ2n) is 6.91. The van der Waals surface area contributed by atoms with Crippen molar-refractivity contribution in [1.29, 1.82) is 0 Å². The average Bonchev–Trinajstić information content (AvgIpc) is 3.16. The van der Waals surface area contributed by atoms with Gasteiger partial charge in [0.05, 0.1) is 11.6 Å². The third-order valence-electron chi connectivity index (χ3n) is 5.19. The van der Waals surface area contributed by atoms with Crippen molar-refractivity contribution in [2.75, 3.05) is 19.7 Å². The van der Waals surface area contributed by atoms with Gasteiger partial charge in [-0.25, -0.2) is 0 Å². The van der Waals surface area contributed by atoms with Crippen molar-refractivity contribution >= 4 is 11.8 Å². The van der Waals surface area contributed by atoms with Crippen molar-refractivity contribution in [3.63, 3.8) is 0 Å². The highest BCUT2D eigenvalue weighted by atomic mass is 16.3. The molecule has 138 valence electrons. The van der Waals surface area contributed by atoms with E-state index in [4.69, 9.17) is 0 Å². The number of nitrogens with one attached hydrogen (secondary N) is 1. The molecule has 0 saturated carbocycles. The Morgan fingerprint density at radius 2 is 1.92 bits per heavy atom. The molecule has 2 amide bonds. The molecular weight excluding hydrogens is 330 g/mol. The first kappa shape index (κ1) is 18.2. The summed E-state index contributed by atoms with van der Waals surface area (Å²) >= 11 is 0. The highest BCUT2D eigenvalue weighted by Crippen LogP contribution is 2.27. The summed E-state index contributed by atoms with van der Waals surface area (Å²) in [6, 6.07) is 11.7. The number of nitrogens with zero attached hydrogens (tertiary/aromatic N) is 2. The van der Waals surface area contributed by atoms with E-state index in [0.29, 0.717) is 18.7 Å². The minimum Gasteiger partial charge on any atom is -0.396 e. The van der Waals surface area contributed by atoms with Crippen LogP contribution in [0.4, 0.5) is 0 Å². The number of rotatable bonds is 4. The Morgan fingerprint density at radius 3 is 2.54 bits per heavy atom. The molecule has 1 aliphatic rings. The van der Waals surface area contributed by atoms with E-state index in [-0.39, 0.29) is 30.4 Å². The van der Waals surface area contributed by atoms with Gasteiger partial charge in [0, 0.05) is 51.0 Å². The van der Waals surface area contributed by atoms with E-state index in [1.54, 1.807) is 4.90 Å². The number of likely N-dealkylation sites (tertiary alicyclic amines) is 1. The summed E-state index contributed by atoms with van der Waals surface area (Å²) in [5.41, 5.74) is 3.61. The predicted molar refractivity (Wildman–Crippen MR) is 99.7 cm³/mol. The van der Waals surface area contributed by atoms with E-state index in [0.717, 1.165) is 17.0 Å². The zero-order chi connectivity index (χ0) is 18.8. The highest BCUT2D eigenvalue weighted by Gasteiger charge is 2.36. The molecule has 1 aromatic heterocycles. The number of aromatic nitrogens is 1. The second kappa shape index (κ2) is 7.33. The molecule has 1 saturated heterocycles. The normalized spacial score (nSPS) is 19.6. The fourth-order valence-corrected chi connectivity index (χ4v) is 3.62. The summed E-state index contributed by atoms with van der Waals surface area (Å²) in [5, 5.41) is 12.4. The van der Waals surface area contributed by atoms with Gasteiger partial charge >= 0.3 is 0 Å². The van der Waals surface area contributed by atoms with Crippen LogP contribution in [-0.4, -0.2) is 52.1 Å². The molecule has 1 fully saturated rings. The summed E-state index contributed by atoms with van der Waals surface area (Å²) in [7, 11) is 1.95. The molecule has 2 aromatic rings. The van der Waals surface area contributed by atoms with Crippen molar-refractivity contribution in [3.8, 4) is 11.3 Å². The molecule has 0 radical (unpaired) electrons. The molecule has 2 heterocycles. The molecule has 6 heteroatoms. The van der Waals surface area contributed by atoms with Gasteiger partial charge in [0.1, 0.15) is 0 Å². The predicted octanol–water partition coefficient (Wildman–Crippen LogP) is 1.57. The number of amides is 2. The Balaban J connectivity index is 1.86. The van der Waals surface area contributed by atoms with Gasteiger partial charge in [-0.2, -0.15) is 0 Å². The maximum atomic E-state index is 13.1. The lowest BCUT2D eigenvalue weighted by molar-refractivity contribution is -0.119. The van der Waals surface area contributed by atoms with Gasteiger partial charge in [-0.3, -0.25) is 9.59 Å². The summed E-state index contributed by atoms with van der Waals surface area (Å²) in [6.07, 6.45) is 0. The van der Waals surface area contributed by atoms with Crippen LogP contribution in [0.1, 0.15) is 23.0 Å². The van der Waals surface area contributed by atoms with Gasteiger partial charge in [0.15, 0.2) is 0 Å². The van der Waals surface area contributed by atoms with Crippen molar-refractivity contribution in [2.24, 2.45) is 13.0 Å². The maximum Gasteiger partial charge on any atom is 0.255 e. The van der Waals surface area contributed by atoms with E-state index in [1.165, 1.54) is 6.92 Å². The molecule has 26 heavy (non-hydrogen) atoms. The topological polar surface area (TPSA) is 74.6 Å². The van der Waals surface area contributed by atoms with E-state index >= 15 is 0 Å². The number of carbonyl (C=O) groups is 2. The van der Waals surface area contributed by atoms with Crippen LogP contribution in [0.2, 0.25) is 0 Å². The maximum absolute atomic E-state index is 13.1. The lowest BCUT2D eigenvalue weighted by Gasteiger charge is -2.17. The van der Waals surface area contributed by atoms with E-state index in [9.17, 15) is 14.7 Å². The minimum absolute atomic E-state index is 0.0578. The van der Waals surface area contributed by atoms with Gasteiger partial charge in [0.25, 0.3) is 5.91 Å². The molecule has 0 spiro atoms. The number of hydrogen-bond acceptors (Lipinski definition) is 3. The second-order valence-corrected chi connectivity index (χ2v) is 6.91. The molecule has 6 nitrogen and oxygen atoms in total. The highest BCUT2D eigenvalue weighted by molar-refractivity contribution is 5.97. The van der Waals surface area contributed by atoms with Gasteiger partial charge in [-0.1, -0.05) is 30.3 Å². The fourth-order valence-electron chi connectivity index (χ4n) is 3.62. The monoisotopic (exact) mass is 355 g/mol. The van der Waals surface area contributed by atoms with Gasteiger partial charge in [0.2, 0.25) is 5.91 Å². The fraction of sp³-hybridized carbons (Fsp3) is 0.400. The van der Waals surface area contributed by atoms with Gasteiger partial charge in [-0.05, 0) is 18.6 Å². The number of hydrogen-bond donors (Lipinski definition) is 2. The zero-order valence-corrected chi connectivity index (χ0v) is 15.4. The molecule has 1 aliphatic heterocycles. The summed E-state index contributed by atoms with van der Waals surface area (Å²) < 4.78 is 2.02.